The first-order valence-corrected chi connectivity index (χ1v) is 11.8. The van der Waals surface area contributed by atoms with E-state index in [1.807, 2.05) is 0 Å². The van der Waals surface area contributed by atoms with Gasteiger partial charge in [0, 0.05) is 11.1 Å². The van der Waals surface area contributed by atoms with Gasteiger partial charge in [-0.15, -0.1) is 0 Å². The molecule has 0 spiro atoms. The summed E-state index contributed by atoms with van der Waals surface area (Å²) in [5.41, 5.74) is 1.70. The van der Waals surface area contributed by atoms with Crippen molar-refractivity contribution in [3.8, 4) is 0 Å². The SMILES string of the molecule is Cc1cc(C2=C(c3ccc(C[SH](=O)=O)cc3F)C(C)(C)OC2=O)ccc1C[SH](=O)=O. The molecule has 0 bridgehead atoms. The van der Waals surface area contributed by atoms with Gasteiger partial charge in [0.1, 0.15) is 32.8 Å². The molecule has 0 aromatic heterocycles. The zero-order valence-electron chi connectivity index (χ0n) is 16.6. The molecule has 160 valence electrons. The number of benzene rings is 2. The Kier molecular flexibility index (Phi) is 6.14. The molecule has 1 aliphatic rings. The Morgan fingerprint density at radius 2 is 1.63 bits per heavy atom. The highest BCUT2D eigenvalue weighted by atomic mass is 32.2. The minimum Gasteiger partial charge on any atom is -0.451 e. The zero-order chi connectivity index (χ0) is 22.2. The predicted octanol–water partition coefficient (Wildman–Crippen LogP) is 2.60. The van der Waals surface area contributed by atoms with Crippen LogP contribution >= 0.6 is 0 Å². The lowest BCUT2D eigenvalue weighted by molar-refractivity contribution is -0.141. The second-order valence-electron chi connectivity index (χ2n) is 7.59. The van der Waals surface area contributed by atoms with E-state index in [9.17, 15) is 26.0 Å². The zero-order valence-corrected chi connectivity index (χ0v) is 18.4. The van der Waals surface area contributed by atoms with Gasteiger partial charge in [0.15, 0.2) is 0 Å². The van der Waals surface area contributed by atoms with E-state index in [2.05, 4.69) is 0 Å². The molecule has 9 heteroatoms. The summed E-state index contributed by atoms with van der Waals surface area (Å²) in [6, 6.07) is 9.03. The molecule has 0 atom stereocenters. The van der Waals surface area contributed by atoms with Gasteiger partial charge in [-0.3, -0.25) is 0 Å². The Morgan fingerprint density at radius 1 is 0.967 bits per heavy atom. The molecule has 0 aliphatic carbocycles. The molecule has 0 amide bonds. The Bertz CT molecular complexity index is 1210. The van der Waals surface area contributed by atoms with Gasteiger partial charge < -0.3 is 4.74 Å². The molecule has 0 saturated heterocycles. The highest BCUT2D eigenvalue weighted by Crippen LogP contribution is 2.44. The van der Waals surface area contributed by atoms with Gasteiger partial charge in [0.25, 0.3) is 0 Å². The summed E-state index contributed by atoms with van der Waals surface area (Å²) in [6.07, 6.45) is 0. The maximum absolute atomic E-state index is 14.9. The number of hydrogen-bond donors (Lipinski definition) is 2. The molecule has 0 unspecified atom stereocenters. The lowest BCUT2D eigenvalue weighted by atomic mass is 9.85. The number of hydrogen-bond acceptors (Lipinski definition) is 6. The van der Waals surface area contributed by atoms with Crippen molar-refractivity contribution in [3.63, 3.8) is 0 Å². The number of thiol groups is 2. The average Bonchev–Trinajstić information content (AvgIpc) is 2.84. The van der Waals surface area contributed by atoms with Gasteiger partial charge in [-0.05, 0) is 49.1 Å². The first-order valence-electron chi connectivity index (χ1n) is 9.10. The van der Waals surface area contributed by atoms with E-state index in [-0.39, 0.29) is 22.6 Å². The van der Waals surface area contributed by atoms with Crippen molar-refractivity contribution in [1.29, 1.82) is 0 Å². The molecule has 0 radical (unpaired) electrons. The maximum atomic E-state index is 14.9. The van der Waals surface area contributed by atoms with Crippen molar-refractivity contribution in [1.82, 2.24) is 0 Å². The van der Waals surface area contributed by atoms with Crippen molar-refractivity contribution < 1.29 is 30.8 Å². The fraction of sp³-hybridized carbons (Fsp3) is 0.286. The fourth-order valence-corrected chi connectivity index (χ4v) is 4.76. The molecular weight excluding hydrogens is 431 g/mol. The van der Waals surface area contributed by atoms with E-state index in [0.29, 0.717) is 27.8 Å². The van der Waals surface area contributed by atoms with Gasteiger partial charge in [-0.25, -0.2) is 26.0 Å². The van der Waals surface area contributed by atoms with Crippen LogP contribution in [0.5, 0.6) is 0 Å². The smallest absolute Gasteiger partial charge is 0.340 e. The summed E-state index contributed by atoms with van der Waals surface area (Å²) in [5, 5.41) is 0. The molecule has 0 saturated carbocycles. The molecule has 2 aromatic rings. The van der Waals surface area contributed by atoms with Crippen LogP contribution in [0.25, 0.3) is 11.1 Å². The summed E-state index contributed by atoms with van der Waals surface area (Å²) in [7, 11) is -5.29. The normalized spacial score (nSPS) is 15.9. The minimum atomic E-state index is -2.69. The van der Waals surface area contributed by atoms with E-state index in [1.54, 1.807) is 39.0 Å². The quantitative estimate of drug-likeness (QED) is 0.517. The second-order valence-corrected chi connectivity index (χ2v) is 9.55. The van der Waals surface area contributed by atoms with Crippen LogP contribution in [0.1, 0.15) is 41.7 Å². The molecule has 6 nitrogen and oxygen atoms in total. The third kappa shape index (κ3) is 4.46. The van der Waals surface area contributed by atoms with Crippen LogP contribution in [0.4, 0.5) is 4.39 Å². The van der Waals surface area contributed by atoms with Gasteiger partial charge in [-0.1, -0.05) is 30.3 Å². The summed E-state index contributed by atoms with van der Waals surface area (Å²) >= 11 is 0. The fourth-order valence-electron chi connectivity index (χ4n) is 3.63. The van der Waals surface area contributed by atoms with Crippen molar-refractivity contribution in [2.45, 2.75) is 37.9 Å². The monoisotopic (exact) mass is 452 g/mol. The molecule has 2 aromatic carbocycles. The van der Waals surface area contributed by atoms with Gasteiger partial charge in [0.05, 0.1) is 17.1 Å². The maximum Gasteiger partial charge on any atom is 0.340 e. The first kappa shape index (κ1) is 22.2. The van der Waals surface area contributed by atoms with Gasteiger partial charge in [-0.2, -0.15) is 0 Å². The van der Waals surface area contributed by atoms with Crippen molar-refractivity contribution in [3.05, 3.63) is 70.0 Å². The van der Waals surface area contributed by atoms with Crippen LogP contribution in [0.2, 0.25) is 0 Å². The Hall–Kier alpha value is -2.52. The lowest BCUT2D eigenvalue weighted by Crippen LogP contribution is -2.22. The van der Waals surface area contributed by atoms with Crippen LogP contribution in [0.3, 0.4) is 0 Å². The highest BCUT2D eigenvalue weighted by molar-refractivity contribution is 7.71. The Balaban J connectivity index is 2.18. The summed E-state index contributed by atoms with van der Waals surface area (Å²) in [4.78, 5) is 12.7. The number of esters is 1. The van der Waals surface area contributed by atoms with Crippen LogP contribution < -0.4 is 0 Å². The van der Waals surface area contributed by atoms with E-state index < -0.39 is 38.8 Å². The number of carbonyl (C=O) groups is 1. The van der Waals surface area contributed by atoms with E-state index in [1.165, 1.54) is 12.1 Å². The third-order valence-electron chi connectivity index (χ3n) is 4.95. The van der Waals surface area contributed by atoms with Crippen LogP contribution in [-0.4, -0.2) is 28.4 Å². The topological polar surface area (TPSA) is 94.6 Å². The third-order valence-corrected chi connectivity index (χ3v) is 6.17. The highest BCUT2D eigenvalue weighted by Gasteiger charge is 2.42. The van der Waals surface area contributed by atoms with Crippen LogP contribution in [0, 0.1) is 12.7 Å². The van der Waals surface area contributed by atoms with Gasteiger partial charge >= 0.3 is 5.97 Å². The first-order chi connectivity index (χ1) is 14.0. The molecule has 3 rings (SSSR count). The molecular formula is C21H21FO6S2. The summed E-state index contributed by atoms with van der Waals surface area (Å²) < 4.78 is 64.4. The van der Waals surface area contributed by atoms with Crippen molar-refractivity contribution >= 4 is 38.5 Å². The Morgan fingerprint density at radius 3 is 2.20 bits per heavy atom. The molecule has 30 heavy (non-hydrogen) atoms. The second kappa shape index (κ2) is 8.31. The van der Waals surface area contributed by atoms with Gasteiger partial charge in [0.2, 0.25) is 0 Å². The van der Waals surface area contributed by atoms with Crippen molar-refractivity contribution in [2.75, 3.05) is 0 Å². The summed E-state index contributed by atoms with van der Waals surface area (Å²) in [5.74, 6) is -1.65. The summed E-state index contributed by atoms with van der Waals surface area (Å²) in [6.45, 7) is 5.04. The predicted molar refractivity (Wildman–Crippen MR) is 113 cm³/mol. The standard InChI is InChI=1S/C21H21FO6S2/c1-12-8-14(5-6-15(12)11-30(26)27)18-19(21(2,3)28-20(18)23)16-7-4-13(9-17(16)22)10-29(24)25/h4-9,29-30H,10-11H2,1-3H3. The molecule has 0 fully saturated rings. The minimum absolute atomic E-state index is 0.110. The number of halogens is 1. The number of aryl methyl sites for hydroxylation is 1. The van der Waals surface area contributed by atoms with E-state index in [4.69, 9.17) is 4.74 Å². The van der Waals surface area contributed by atoms with Crippen molar-refractivity contribution in [2.24, 2.45) is 0 Å². The number of ether oxygens (including phenoxy) is 1. The number of rotatable bonds is 6. The number of cyclic esters (lactones) is 1. The Labute approximate surface area is 177 Å². The molecule has 0 N–H and O–H groups in total. The largest absolute Gasteiger partial charge is 0.451 e. The van der Waals surface area contributed by atoms with E-state index in [0.717, 1.165) is 6.07 Å². The molecule has 1 aliphatic heterocycles. The number of carbonyl (C=O) groups excluding carboxylic acids is 1. The average molecular weight is 453 g/mol. The van der Waals surface area contributed by atoms with Crippen LogP contribution in [-0.2, 0) is 42.4 Å². The molecule has 1 heterocycles. The van der Waals surface area contributed by atoms with E-state index >= 15 is 0 Å². The lowest BCUT2D eigenvalue weighted by Gasteiger charge is -2.22. The van der Waals surface area contributed by atoms with Crippen LogP contribution in [0.15, 0.2) is 36.4 Å².